The van der Waals surface area contributed by atoms with Crippen molar-refractivity contribution in [2.45, 2.75) is 27.2 Å². The molecule has 0 bridgehead atoms. The van der Waals surface area contributed by atoms with E-state index < -0.39 is 0 Å². The van der Waals surface area contributed by atoms with E-state index >= 15 is 0 Å². The second-order valence-corrected chi connectivity index (χ2v) is 4.85. The predicted molar refractivity (Wildman–Crippen MR) is 78.7 cm³/mol. The number of nitrogens with zero attached hydrogens (tertiary/aromatic N) is 1. The summed E-state index contributed by atoms with van der Waals surface area (Å²) in [6, 6.07) is 3.94. The van der Waals surface area contributed by atoms with Crippen LogP contribution in [0.4, 0.5) is 5.69 Å². The van der Waals surface area contributed by atoms with Gasteiger partial charge in [0.1, 0.15) is 5.75 Å². The Bertz CT molecular complexity index is 454. The molecular weight excluding hydrogens is 240 g/mol. The van der Waals surface area contributed by atoms with Crippen LogP contribution in [-0.4, -0.2) is 26.6 Å². The van der Waals surface area contributed by atoms with Crippen LogP contribution in [0.1, 0.15) is 24.5 Å². The molecule has 4 nitrogen and oxygen atoms in total. The molecule has 0 aliphatic carbocycles. The molecule has 0 heterocycles. The first-order valence-electron chi connectivity index (χ1n) is 6.59. The minimum atomic E-state index is -0.119. The highest BCUT2D eigenvalue weighted by atomic mass is 16.5. The quantitative estimate of drug-likeness (QED) is 0.887. The average molecular weight is 264 g/mol. The lowest BCUT2D eigenvalue weighted by Crippen LogP contribution is -2.36. The first kappa shape index (κ1) is 15.5. The summed E-state index contributed by atoms with van der Waals surface area (Å²) >= 11 is 0. The summed E-state index contributed by atoms with van der Waals surface area (Å²) in [5, 5.41) is 0. The van der Waals surface area contributed by atoms with Crippen molar-refractivity contribution in [3.63, 3.8) is 0 Å². The second kappa shape index (κ2) is 6.57. The fourth-order valence-corrected chi connectivity index (χ4v) is 2.19. The molecule has 0 aliphatic heterocycles. The van der Waals surface area contributed by atoms with Gasteiger partial charge in [-0.2, -0.15) is 0 Å². The monoisotopic (exact) mass is 264 g/mol. The fraction of sp³-hybridized carbons (Fsp3) is 0.533. The first-order chi connectivity index (χ1) is 8.96. The molecule has 1 aromatic rings. The van der Waals surface area contributed by atoms with Gasteiger partial charge in [-0.15, -0.1) is 0 Å². The van der Waals surface area contributed by atoms with Crippen LogP contribution in [0.25, 0.3) is 0 Å². The average Bonchev–Trinajstić information content (AvgIpc) is 2.41. The zero-order valence-electron chi connectivity index (χ0n) is 12.5. The molecule has 0 fully saturated rings. The van der Waals surface area contributed by atoms with Crippen molar-refractivity contribution in [2.75, 3.05) is 25.6 Å². The maximum Gasteiger partial charge on any atom is 0.231 e. The third kappa shape index (κ3) is 3.26. The van der Waals surface area contributed by atoms with Gasteiger partial charge in [0.25, 0.3) is 0 Å². The summed E-state index contributed by atoms with van der Waals surface area (Å²) < 4.78 is 5.29. The second-order valence-electron chi connectivity index (χ2n) is 4.85. The molecule has 4 heteroatoms. The summed E-state index contributed by atoms with van der Waals surface area (Å²) in [6.07, 6.45) is 0.758. The van der Waals surface area contributed by atoms with Gasteiger partial charge in [-0.1, -0.05) is 6.92 Å². The molecule has 2 N–H and O–H groups in total. The normalized spacial score (nSPS) is 12.1. The van der Waals surface area contributed by atoms with E-state index in [2.05, 4.69) is 0 Å². The first-order valence-corrected chi connectivity index (χ1v) is 6.59. The van der Waals surface area contributed by atoms with Gasteiger partial charge in [-0.3, -0.25) is 4.79 Å². The van der Waals surface area contributed by atoms with Crippen LogP contribution in [0, 0.1) is 19.8 Å². The third-order valence-corrected chi connectivity index (χ3v) is 3.53. The van der Waals surface area contributed by atoms with Gasteiger partial charge in [0, 0.05) is 19.3 Å². The van der Waals surface area contributed by atoms with Crippen LogP contribution in [-0.2, 0) is 4.79 Å². The number of rotatable bonds is 5. The van der Waals surface area contributed by atoms with E-state index in [0.29, 0.717) is 6.54 Å². The zero-order chi connectivity index (χ0) is 14.6. The van der Waals surface area contributed by atoms with Gasteiger partial charge in [0.2, 0.25) is 5.91 Å². The van der Waals surface area contributed by atoms with Gasteiger partial charge >= 0.3 is 0 Å². The molecule has 0 spiro atoms. The van der Waals surface area contributed by atoms with Crippen LogP contribution < -0.4 is 15.4 Å². The SMILES string of the molecule is CCC(CN)C(=O)N(C)c1cc(C)c(OC)cc1C. The highest BCUT2D eigenvalue weighted by Gasteiger charge is 2.21. The van der Waals surface area contributed by atoms with Crippen LogP contribution >= 0.6 is 0 Å². The van der Waals surface area contributed by atoms with E-state index in [1.54, 1.807) is 19.1 Å². The molecule has 0 saturated heterocycles. The highest BCUT2D eigenvalue weighted by Crippen LogP contribution is 2.29. The fourth-order valence-electron chi connectivity index (χ4n) is 2.19. The van der Waals surface area contributed by atoms with Crippen LogP contribution in [0.2, 0.25) is 0 Å². The van der Waals surface area contributed by atoms with Gasteiger partial charge < -0.3 is 15.4 Å². The standard InChI is InChI=1S/C15H24N2O2/c1-6-12(9-16)15(18)17(4)13-7-11(3)14(19-5)8-10(13)2/h7-8,12H,6,9,16H2,1-5H3. The van der Waals surface area contributed by atoms with Gasteiger partial charge in [-0.25, -0.2) is 0 Å². The molecule has 0 radical (unpaired) electrons. The summed E-state index contributed by atoms with van der Waals surface area (Å²) in [4.78, 5) is 14.0. The minimum absolute atomic E-state index is 0.0673. The van der Waals surface area contributed by atoms with Crippen molar-refractivity contribution in [1.29, 1.82) is 0 Å². The molecule has 0 aromatic heterocycles. The van der Waals surface area contributed by atoms with Gasteiger partial charge in [0.15, 0.2) is 0 Å². The number of benzene rings is 1. The number of nitrogens with two attached hydrogens (primary N) is 1. The molecule has 1 unspecified atom stereocenters. The van der Waals surface area contributed by atoms with E-state index in [1.165, 1.54) is 0 Å². The number of aryl methyl sites for hydroxylation is 2. The van der Waals surface area contributed by atoms with Crippen molar-refractivity contribution in [3.05, 3.63) is 23.3 Å². The van der Waals surface area contributed by atoms with E-state index in [0.717, 1.165) is 29.0 Å². The molecule has 0 aliphatic rings. The van der Waals surface area contributed by atoms with Crippen molar-refractivity contribution in [1.82, 2.24) is 0 Å². The Kier molecular flexibility index (Phi) is 5.36. The van der Waals surface area contributed by atoms with Crippen molar-refractivity contribution < 1.29 is 9.53 Å². The number of carbonyl (C=O) groups excluding carboxylic acids is 1. The third-order valence-electron chi connectivity index (χ3n) is 3.53. The maximum absolute atomic E-state index is 12.3. The molecule has 1 amide bonds. The van der Waals surface area contributed by atoms with Crippen LogP contribution in [0.3, 0.4) is 0 Å². The molecule has 1 atom stereocenters. The van der Waals surface area contributed by atoms with Crippen molar-refractivity contribution >= 4 is 11.6 Å². The maximum atomic E-state index is 12.3. The Morgan fingerprint density at radius 3 is 2.47 bits per heavy atom. The molecule has 0 saturated carbocycles. The Balaban J connectivity index is 3.09. The van der Waals surface area contributed by atoms with Crippen LogP contribution in [0.15, 0.2) is 12.1 Å². The van der Waals surface area contributed by atoms with E-state index in [1.807, 2.05) is 32.9 Å². The number of methoxy groups -OCH3 is 1. The Morgan fingerprint density at radius 2 is 2.00 bits per heavy atom. The molecule has 106 valence electrons. The highest BCUT2D eigenvalue weighted by molar-refractivity contribution is 5.95. The predicted octanol–water partition coefficient (Wildman–Crippen LogP) is 2.26. The number of anilines is 1. The Hall–Kier alpha value is -1.55. The van der Waals surface area contributed by atoms with Gasteiger partial charge in [0.05, 0.1) is 13.0 Å². The summed E-state index contributed by atoms with van der Waals surface area (Å²) in [5.41, 5.74) is 8.59. The van der Waals surface area contributed by atoms with E-state index in [9.17, 15) is 4.79 Å². The Morgan fingerprint density at radius 1 is 1.37 bits per heavy atom. The lowest BCUT2D eigenvalue weighted by molar-refractivity contribution is -0.121. The largest absolute Gasteiger partial charge is 0.496 e. The van der Waals surface area contributed by atoms with E-state index in [-0.39, 0.29) is 11.8 Å². The molecule has 1 aromatic carbocycles. The lowest BCUT2D eigenvalue weighted by Gasteiger charge is -2.24. The Labute approximate surface area is 115 Å². The smallest absolute Gasteiger partial charge is 0.231 e. The summed E-state index contributed by atoms with van der Waals surface area (Å²) in [5.74, 6) is 0.789. The zero-order valence-corrected chi connectivity index (χ0v) is 12.5. The van der Waals surface area contributed by atoms with Crippen LogP contribution in [0.5, 0.6) is 5.75 Å². The topological polar surface area (TPSA) is 55.6 Å². The molecule has 19 heavy (non-hydrogen) atoms. The summed E-state index contributed by atoms with van der Waals surface area (Å²) in [7, 11) is 3.45. The summed E-state index contributed by atoms with van der Waals surface area (Å²) in [6.45, 7) is 6.31. The molecular formula is C15H24N2O2. The van der Waals surface area contributed by atoms with Crippen molar-refractivity contribution in [2.24, 2.45) is 11.7 Å². The number of ether oxygens (including phenoxy) is 1. The number of hydrogen-bond acceptors (Lipinski definition) is 3. The van der Waals surface area contributed by atoms with Gasteiger partial charge in [-0.05, 0) is 43.5 Å². The minimum Gasteiger partial charge on any atom is -0.496 e. The number of carbonyl (C=O) groups is 1. The number of amides is 1. The van der Waals surface area contributed by atoms with E-state index in [4.69, 9.17) is 10.5 Å². The molecule has 1 rings (SSSR count). The van der Waals surface area contributed by atoms with Crippen molar-refractivity contribution in [3.8, 4) is 5.75 Å². The lowest BCUT2D eigenvalue weighted by atomic mass is 10.0. The number of hydrogen-bond donors (Lipinski definition) is 1.